The lowest BCUT2D eigenvalue weighted by Gasteiger charge is -2.26. The van der Waals surface area contributed by atoms with Crippen LogP contribution in [0.4, 0.5) is 0 Å². The highest BCUT2D eigenvalue weighted by atomic mass is 28.4. The second kappa shape index (κ2) is 12.9. The first-order valence-corrected chi connectivity index (χ1v) is 11.9. The molecule has 0 bridgehead atoms. The van der Waals surface area contributed by atoms with Gasteiger partial charge in [-0.3, -0.25) is 0 Å². The van der Waals surface area contributed by atoms with Gasteiger partial charge >= 0.3 is 9.05 Å². The average Bonchev–Trinajstić information content (AvgIpc) is 2.41. The molecule has 1 heterocycles. The van der Waals surface area contributed by atoms with Crippen LogP contribution in [0.3, 0.4) is 0 Å². The van der Waals surface area contributed by atoms with E-state index in [4.69, 9.17) is 22.1 Å². The molecule has 5 nitrogen and oxygen atoms in total. The predicted octanol–water partition coefficient (Wildman–Crippen LogP) is 2.72. The zero-order valence-electron chi connectivity index (χ0n) is 13.8. The zero-order chi connectivity index (χ0) is 15.3. The molecule has 1 fully saturated rings. The molecular formula is C13H32O5Si2. The molecule has 0 N–H and O–H groups in total. The van der Waals surface area contributed by atoms with Crippen molar-refractivity contribution in [2.24, 2.45) is 0 Å². The highest BCUT2D eigenvalue weighted by molar-refractivity contribution is 6.53. The molecule has 0 spiro atoms. The lowest BCUT2D eigenvalue weighted by molar-refractivity contribution is -0.0247. The van der Waals surface area contributed by atoms with Crippen molar-refractivity contribution in [3.05, 3.63) is 0 Å². The van der Waals surface area contributed by atoms with Crippen molar-refractivity contribution in [3.63, 3.8) is 0 Å². The molecule has 0 radical (unpaired) electrons. The molecule has 0 aromatic carbocycles. The SMILES string of the molecule is CCO[Si](OCC)(OCC)OCC.C[SiH]1CCCCO1. The van der Waals surface area contributed by atoms with E-state index in [9.17, 15) is 0 Å². The van der Waals surface area contributed by atoms with Crippen LogP contribution in [0.1, 0.15) is 40.5 Å². The Balaban J connectivity index is 0.000000428. The third-order valence-corrected chi connectivity index (χ3v) is 7.29. The second-order valence-corrected chi connectivity index (χ2v) is 9.10. The molecule has 0 amide bonds. The molecular weight excluding hydrogens is 292 g/mol. The Hall–Kier alpha value is 0.234. The van der Waals surface area contributed by atoms with Crippen LogP contribution in [0.2, 0.25) is 12.6 Å². The van der Waals surface area contributed by atoms with Crippen LogP contribution < -0.4 is 0 Å². The largest absolute Gasteiger partial charge is 0.679 e. The van der Waals surface area contributed by atoms with Gasteiger partial charge in [0, 0.05) is 33.0 Å². The lowest BCUT2D eigenvalue weighted by atomic mass is 10.4. The fourth-order valence-corrected chi connectivity index (χ4v) is 5.37. The van der Waals surface area contributed by atoms with E-state index in [1.807, 2.05) is 27.7 Å². The average molecular weight is 325 g/mol. The Morgan fingerprint density at radius 2 is 1.30 bits per heavy atom. The van der Waals surface area contributed by atoms with Crippen LogP contribution in [0.15, 0.2) is 0 Å². The summed E-state index contributed by atoms with van der Waals surface area (Å²) in [5.74, 6) is 0. The molecule has 0 saturated carbocycles. The summed E-state index contributed by atoms with van der Waals surface area (Å²) in [7, 11) is -3.39. The maximum Gasteiger partial charge on any atom is 0.679 e. The molecule has 1 saturated heterocycles. The van der Waals surface area contributed by atoms with E-state index < -0.39 is 18.1 Å². The molecule has 7 heteroatoms. The third kappa shape index (κ3) is 9.22. The van der Waals surface area contributed by atoms with Crippen molar-refractivity contribution >= 4 is 18.1 Å². The molecule has 0 aromatic heterocycles. The van der Waals surface area contributed by atoms with Gasteiger partial charge in [0.1, 0.15) is 0 Å². The summed E-state index contributed by atoms with van der Waals surface area (Å²) in [6.07, 6.45) is 2.73. The van der Waals surface area contributed by atoms with Crippen LogP contribution >= 0.6 is 0 Å². The van der Waals surface area contributed by atoms with E-state index in [0.29, 0.717) is 26.4 Å². The van der Waals surface area contributed by atoms with Crippen molar-refractivity contribution < 1.29 is 22.1 Å². The van der Waals surface area contributed by atoms with Crippen molar-refractivity contribution in [1.82, 2.24) is 0 Å². The molecule has 20 heavy (non-hydrogen) atoms. The van der Waals surface area contributed by atoms with Gasteiger partial charge in [0.25, 0.3) is 0 Å². The van der Waals surface area contributed by atoms with E-state index in [2.05, 4.69) is 6.55 Å². The van der Waals surface area contributed by atoms with E-state index in [1.54, 1.807) is 0 Å². The maximum atomic E-state index is 5.42. The second-order valence-electron chi connectivity index (χ2n) is 4.41. The molecule has 1 atom stereocenters. The zero-order valence-corrected chi connectivity index (χ0v) is 15.9. The van der Waals surface area contributed by atoms with Gasteiger partial charge < -0.3 is 22.1 Å². The Labute approximate surface area is 127 Å². The smallest absolute Gasteiger partial charge is 0.420 e. The molecule has 0 aliphatic carbocycles. The maximum absolute atomic E-state index is 5.42. The standard InChI is InChI=1S/C8H20O4Si.C5H12OSi/c1-5-9-13(10-6-2,11-7-3)12-8-4;1-7-5-3-2-4-6-7/h5-8H2,1-4H3;7H,2-5H2,1H3. The highest BCUT2D eigenvalue weighted by Gasteiger charge is 2.44. The van der Waals surface area contributed by atoms with Crippen LogP contribution in [-0.2, 0) is 22.1 Å². The third-order valence-electron chi connectivity index (χ3n) is 2.69. The topological polar surface area (TPSA) is 46.2 Å². The Morgan fingerprint density at radius 1 is 0.850 bits per heavy atom. The van der Waals surface area contributed by atoms with E-state index in [0.717, 1.165) is 6.61 Å². The summed E-state index contributed by atoms with van der Waals surface area (Å²) in [5, 5.41) is 0. The summed E-state index contributed by atoms with van der Waals surface area (Å²) < 4.78 is 27.1. The first-order chi connectivity index (χ1) is 9.64. The number of hydrogen-bond donors (Lipinski definition) is 0. The first-order valence-electron chi connectivity index (χ1n) is 7.81. The van der Waals surface area contributed by atoms with Gasteiger partial charge in [0.05, 0.1) is 0 Å². The monoisotopic (exact) mass is 324 g/mol. The van der Waals surface area contributed by atoms with Gasteiger partial charge in [-0.05, 0) is 46.7 Å². The van der Waals surface area contributed by atoms with Crippen LogP contribution in [0, 0.1) is 0 Å². The van der Waals surface area contributed by atoms with Crippen LogP contribution in [-0.4, -0.2) is 51.1 Å². The van der Waals surface area contributed by atoms with Crippen molar-refractivity contribution in [2.75, 3.05) is 33.0 Å². The lowest BCUT2D eigenvalue weighted by Crippen LogP contribution is -2.49. The highest BCUT2D eigenvalue weighted by Crippen LogP contribution is 2.11. The van der Waals surface area contributed by atoms with E-state index >= 15 is 0 Å². The van der Waals surface area contributed by atoms with E-state index in [1.165, 1.54) is 18.9 Å². The first kappa shape index (κ1) is 20.2. The van der Waals surface area contributed by atoms with Gasteiger partial charge in [0.15, 0.2) is 9.04 Å². The van der Waals surface area contributed by atoms with Gasteiger partial charge in [-0.1, -0.05) is 6.42 Å². The molecule has 1 unspecified atom stereocenters. The summed E-state index contributed by atoms with van der Waals surface area (Å²) >= 11 is 0. The van der Waals surface area contributed by atoms with Gasteiger partial charge in [-0.2, -0.15) is 0 Å². The summed E-state index contributed by atoms with van der Waals surface area (Å²) in [5.41, 5.74) is 0. The number of hydrogen-bond acceptors (Lipinski definition) is 5. The van der Waals surface area contributed by atoms with E-state index in [-0.39, 0.29) is 0 Å². The molecule has 1 aliphatic rings. The summed E-state index contributed by atoms with van der Waals surface area (Å²) in [6, 6.07) is 1.40. The molecule has 1 rings (SSSR count). The Kier molecular flexibility index (Phi) is 13.1. The van der Waals surface area contributed by atoms with Gasteiger partial charge in [-0.25, -0.2) is 0 Å². The molecule has 0 aromatic rings. The Bertz CT molecular complexity index is 183. The van der Waals surface area contributed by atoms with Crippen molar-refractivity contribution in [1.29, 1.82) is 0 Å². The number of rotatable bonds is 8. The normalized spacial score (nSPS) is 19.4. The minimum atomic E-state index is -2.80. The summed E-state index contributed by atoms with van der Waals surface area (Å²) in [6.45, 7) is 13.1. The minimum Gasteiger partial charge on any atom is -0.420 e. The van der Waals surface area contributed by atoms with Crippen LogP contribution in [0.5, 0.6) is 0 Å². The molecule has 122 valence electrons. The van der Waals surface area contributed by atoms with Crippen molar-refractivity contribution in [2.45, 2.75) is 53.1 Å². The quantitative estimate of drug-likeness (QED) is 0.642. The molecule has 1 aliphatic heterocycles. The minimum absolute atomic E-state index is 0.548. The van der Waals surface area contributed by atoms with Gasteiger partial charge in [-0.15, -0.1) is 0 Å². The van der Waals surface area contributed by atoms with Crippen LogP contribution in [0.25, 0.3) is 0 Å². The summed E-state index contributed by atoms with van der Waals surface area (Å²) in [4.78, 5) is 0. The fourth-order valence-electron chi connectivity index (χ4n) is 1.86. The van der Waals surface area contributed by atoms with Crippen molar-refractivity contribution in [3.8, 4) is 0 Å². The fraction of sp³-hybridized carbons (Fsp3) is 1.00. The Morgan fingerprint density at radius 3 is 1.50 bits per heavy atom. The predicted molar refractivity (Wildman–Crippen MR) is 85.3 cm³/mol. The van der Waals surface area contributed by atoms with Gasteiger partial charge in [0.2, 0.25) is 0 Å².